The fraction of sp³-hybridized carbons (Fsp3) is 0.154. The SMILES string of the molecule is CCOc1cccc(-n2c(N)nc3ncnc(Cl)c32)c1. The summed E-state index contributed by atoms with van der Waals surface area (Å²) in [7, 11) is 0. The molecule has 0 aliphatic rings. The van der Waals surface area contributed by atoms with Crippen LogP contribution in [0.3, 0.4) is 0 Å². The van der Waals surface area contributed by atoms with Gasteiger partial charge in [-0.05, 0) is 19.1 Å². The van der Waals surface area contributed by atoms with Crippen molar-refractivity contribution in [1.29, 1.82) is 0 Å². The Hall–Kier alpha value is -2.34. The second-order valence-corrected chi connectivity index (χ2v) is 4.43. The van der Waals surface area contributed by atoms with Crippen LogP contribution in [0.5, 0.6) is 5.75 Å². The molecule has 0 saturated carbocycles. The first-order valence-corrected chi connectivity index (χ1v) is 6.46. The van der Waals surface area contributed by atoms with Gasteiger partial charge in [0.15, 0.2) is 10.8 Å². The Morgan fingerprint density at radius 3 is 3.00 bits per heavy atom. The van der Waals surface area contributed by atoms with Gasteiger partial charge in [0.1, 0.15) is 17.6 Å². The average molecular weight is 290 g/mol. The summed E-state index contributed by atoms with van der Waals surface area (Å²) in [5.74, 6) is 1.05. The van der Waals surface area contributed by atoms with Crippen LogP contribution < -0.4 is 10.5 Å². The van der Waals surface area contributed by atoms with E-state index in [9.17, 15) is 0 Å². The standard InChI is InChI=1S/C13H12ClN5O/c1-2-20-9-5-3-4-8(6-9)19-10-11(14)16-7-17-12(10)18-13(19)15/h3-7H,2H2,1H3,(H2,15,16,17,18). The van der Waals surface area contributed by atoms with Gasteiger partial charge in [-0.2, -0.15) is 4.98 Å². The van der Waals surface area contributed by atoms with Gasteiger partial charge in [0, 0.05) is 6.07 Å². The highest BCUT2D eigenvalue weighted by atomic mass is 35.5. The van der Waals surface area contributed by atoms with E-state index in [0.29, 0.717) is 28.9 Å². The van der Waals surface area contributed by atoms with E-state index in [1.807, 2.05) is 31.2 Å². The number of anilines is 1. The van der Waals surface area contributed by atoms with Crippen LogP contribution in [0.1, 0.15) is 6.92 Å². The molecule has 2 heterocycles. The number of hydrogen-bond acceptors (Lipinski definition) is 5. The Morgan fingerprint density at radius 2 is 2.20 bits per heavy atom. The van der Waals surface area contributed by atoms with Crippen LogP contribution in [-0.2, 0) is 0 Å². The Bertz CT molecular complexity index is 771. The van der Waals surface area contributed by atoms with Crippen LogP contribution in [0, 0.1) is 0 Å². The molecule has 1 aromatic carbocycles. The Kier molecular flexibility index (Phi) is 3.15. The molecule has 0 atom stereocenters. The Balaban J connectivity index is 2.24. The largest absolute Gasteiger partial charge is 0.494 e. The van der Waals surface area contributed by atoms with Crippen LogP contribution in [0.25, 0.3) is 16.9 Å². The molecule has 3 aromatic rings. The quantitative estimate of drug-likeness (QED) is 0.749. The third kappa shape index (κ3) is 2.04. The van der Waals surface area contributed by atoms with Gasteiger partial charge in [0.25, 0.3) is 0 Å². The molecule has 0 aliphatic carbocycles. The van der Waals surface area contributed by atoms with E-state index in [1.165, 1.54) is 6.33 Å². The summed E-state index contributed by atoms with van der Waals surface area (Å²) in [6, 6.07) is 7.51. The van der Waals surface area contributed by atoms with Crippen LogP contribution in [0.2, 0.25) is 5.15 Å². The number of halogens is 1. The van der Waals surface area contributed by atoms with Gasteiger partial charge < -0.3 is 10.5 Å². The number of nitrogens with zero attached hydrogens (tertiary/aromatic N) is 4. The molecule has 6 nitrogen and oxygen atoms in total. The van der Waals surface area contributed by atoms with Crippen LogP contribution >= 0.6 is 11.6 Å². The number of ether oxygens (including phenoxy) is 1. The number of hydrogen-bond donors (Lipinski definition) is 1. The number of imidazole rings is 1. The lowest BCUT2D eigenvalue weighted by atomic mass is 10.3. The van der Waals surface area contributed by atoms with Gasteiger partial charge in [-0.1, -0.05) is 17.7 Å². The van der Waals surface area contributed by atoms with Crippen molar-refractivity contribution in [2.75, 3.05) is 12.3 Å². The van der Waals surface area contributed by atoms with E-state index in [-0.39, 0.29) is 0 Å². The number of fused-ring (bicyclic) bond motifs is 1. The van der Waals surface area contributed by atoms with Crippen molar-refractivity contribution in [1.82, 2.24) is 19.5 Å². The number of benzene rings is 1. The predicted molar refractivity (Wildman–Crippen MR) is 77.3 cm³/mol. The molecule has 20 heavy (non-hydrogen) atoms. The summed E-state index contributed by atoms with van der Waals surface area (Å²) >= 11 is 6.13. The van der Waals surface area contributed by atoms with Gasteiger partial charge in [-0.3, -0.25) is 4.57 Å². The summed E-state index contributed by atoms with van der Waals surface area (Å²) in [4.78, 5) is 12.2. The van der Waals surface area contributed by atoms with E-state index in [4.69, 9.17) is 22.1 Å². The van der Waals surface area contributed by atoms with Gasteiger partial charge in [-0.15, -0.1) is 0 Å². The molecule has 0 saturated heterocycles. The first kappa shape index (κ1) is 12.7. The molecule has 0 unspecified atom stereocenters. The number of rotatable bonds is 3. The molecule has 0 fully saturated rings. The van der Waals surface area contributed by atoms with Crippen molar-refractivity contribution in [3.8, 4) is 11.4 Å². The van der Waals surface area contributed by atoms with E-state index in [0.717, 1.165) is 11.4 Å². The fourth-order valence-electron chi connectivity index (χ4n) is 2.04. The maximum Gasteiger partial charge on any atom is 0.207 e. The third-order valence-corrected chi connectivity index (χ3v) is 3.09. The minimum atomic E-state index is 0.302. The smallest absolute Gasteiger partial charge is 0.207 e. The lowest BCUT2D eigenvalue weighted by Crippen LogP contribution is -2.02. The molecular formula is C13H12ClN5O. The lowest BCUT2D eigenvalue weighted by molar-refractivity contribution is 0.340. The molecule has 0 spiro atoms. The zero-order valence-electron chi connectivity index (χ0n) is 10.7. The highest BCUT2D eigenvalue weighted by Crippen LogP contribution is 2.27. The summed E-state index contributed by atoms with van der Waals surface area (Å²) in [6.07, 6.45) is 1.36. The molecule has 102 valence electrons. The van der Waals surface area contributed by atoms with Crippen LogP contribution in [-0.4, -0.2) is 26.1 Å². The van der Waals surface area contributed by atoms with Crippen molar-refractivity contribution in [2.24, 2.45) is 0 Å². The maximum atomic E-state index is 6.13. The highest BCUT2D eigenvalue weighted by molar-refractivity contribution is 6.33. The zero-order valence-corrected chi connectivity index (χ0v) is 11.5. The van der Waals surface area contributed by atoms with Gasteiger partial charge in [0.2, 0.25) is 5.95 Å². The van der Waals surface area contributed by atoms with Crippen molar-refractivity contribution in [3.05, 3.63) is 35.7 Å². The number of aromatic nitrogens is 4. The Labute approximate surface area is 120 Å². The Morgan fingerprint density at radius 1 is 1.35 bits per heavy atom. The van der Waals surface area contributed by atoms with E-state index in [2.05, 4.69) is 15.0 Å². The van der Waals surface area contributed by atoms with Crippen molar-refractivity contribution in [2.45, 2.75) is 6.92 Å². The third-order valence-electron chi connectivity index (χ3n) is 2.82. The van der Waals surface area contributed by atoms with Gasteiger partial charge >= 0.3 is 0 Å². The molecule has 3 rings (SSSR count). The monoisotopic (exact) mass is 289 g/mol. The van der Waals surface area contributed by atoms with E-state index < -0.39 is 0 Å². The minimum absolute atomic E-state index is 0.302. The van der Waals surface area contributed by atoms with E-state index in [1.54, 1.807) is 4.57 Å². The summed E-state index contributed by atoms with van der Waals surface area (Å²) in [5, 5.41) is 0.306. The molecule has 0 aliphatic heterocycles. The topological polar surface area (TPSA) is 78.9 Å². The lowest BCUT2D eigenvalue weighted by Gasteiger charge is -2.09. The summed E-state index contributed by atoms with van der Waals surface area (Å²) in [5.41, 5.74) is 7.81. The second kappa shape index (κ2) is 4.97. The molecule has 2 aromatic heterocycles. The summed E-state index contributed by atoms with van der Waals surface area (Å²) < 4.78 is 7.20. The summed E-state index contributed by atoms with van der Waals surface area (Å²) in [6.45, 7) is 2.52. The van der Waals surface area contributed by atoms with Crippen molar-refractivity contribution >= 4 is 28.7 Å². The first-order valence-electron chi connectivity index (χ1n) is 6.08. The zero-order chi connectivity index (χ0) is 14.1. The second-order valence-electron chi connectivity index (χ2n) is 4.07. The minimum Gasteiger partial charge on any atom is -0.494 e. The maximum absolute atomic E-state index is 6.13. The van der Waals surface area contributed by atoms with Gasteiger partial charge in [-0.25, -0.2) is 9.97 Å². The highest BCUT2D eigenvalue weighted by Gasteiger charge is 2.15. The van der Waals surface area contributed by atoms with Crippen LogP contribution in [0.4, 0.5) is 5.95 Å². The molecular weight excluding hydrogens is 278 g/mol. The predicted octanol–water partition coefficient (Wildman–Crippen LogP) is 2.45. The fourth-order valence-corrected chi connectivity index (χ4v) is 2.25. The first-order chi connectivity index (χ1) is 9.70. The van der Waals surface area contributed by atoms with Crippen molar-refractivity contribution in [3.63, 3.8) is 0 Å². The molecule has 7 heteroatoms. The number of nitrogens with two attached hydrogens (primary N) is 1. The molecule has 2 N–H and O–H groups in total. The van der Waals surface area contributed by atoms with Crippen LogP contribution in [0.15, 0.2) is 30.6 Å². The van der Waals surface area contributed by atoms with Gasteiger partial charge in [0.05, 0.1) is 12.3 Å². The molecule has 0 bridgehead atoms. The normalized spacial score (nSPS) is 10.9. The van der Waals surface area contributed by atoms with Crippen molar-refractivity contribution < 1.29 is 4.74 Å². The average Bonchev–Trinajstić information content (AvgIpc) is 2.77. The van der Waals surface area contributed by atoms with E-state index >= 15 is 0 Å². The number of nitrogen functional groups attached to an aromatic ring is 1. The molecule has 0 radical (unpaired) electrons. The molecule has 0 amide bonds.